The number of hydrogen-bond acceptors (Lipinski definition) is 11. The number of amides is 2. The predicted molar refractivity (Wildman–Crippen MR) is 187 cm³/mol. The number of nitrogens with one attached hydrogen (secondary N) is 4. The lowest BCUT2D eigenvalue weighted by molar-refractivity contribution is -0.120. The number of fused-ring (bicyclic) bond motifs is 2. The molecule has 0 spiro atoms. The summed E-state index contributed by atoms with van der Waals surface area (Å²) in [6.07, 6.45) is 7.07. The molecular formula is C34H44N12O2. The zero-order valence-electron chi connectivity index (χ0n) is 27.3. The highest BCUT2D eigenvalue weighted by Gasteiger charge is 2.14. The van der Waals surface area contributed by atoms with Crippen LogP contribution in [-0.4, -0.2) is 92.4 Å². The molecule has 0 unspecified atom stereocenters. The molecule has 8 N–H and O–H groups in total. The molecule has 14 nitrogen and oxygen atoms in total. The number of rotatable bonds is 18. The van der Waals surface area contributed by atoms with Crippen LogP contribution in [0.1, 0.15) is 47.0 Å². The predicted octanol–water partition coefficient (Wildman–Crippen LogP) is 2.36. The van der Waals surface area contributed by atoms with Gasteiger partial charge in [0.05, 0.1) is 29.5 Å². The summed E-state index contributed by atoms with van der Waals surface area (Å²) in [7, 11) is 0. The Kier molecular flexibility index (Phi) is 12.2. The molecule has 0 atom stereocenters. The van der Waals surface area contributed by atoms with E-state index in [0.29, 0.717) is 50.7 Å². The molecule has 0 aliphatic heterocycles. The van der Waals surface area contributed by atoms with Crippen molar-refractivity contribution in [3.05, 3.63) is 77.9 Å². The van der Waals surface area contributed by atoms with Crippen molar-refractivity contribution < 1.29 is 9.59 Å². The number of unbranched alkanes of at least 4 members (excludes halogenated alkanes) is 2. The molecule has 252 valence electrons. The van der Waals surface area contributed by atoms with Gasteiger partial charge >= 0.3 is 0 Å². The topological polar surface area (TPSA) is 206 Å². The van der Waals surface area contributed by atoms with Gasteiger partial charge in [0, 0.05) is 80.5 Å². The molecule has 0 bridgehead atoms. The van der Waals surface area contributed by atoms with Gasteiger partial charge in [0.25, 0.3) is 5.91 Å². The molecule has 0 saturated carbocycles. The van der Waals surface area contributed by atoms with Gasteiger partial charge in [-0.2, -0.15) is 9.97 Å². The number of aromatic amines is 1. The van der Waals surface area contributed by atoms with E-state index >= 15 is 0 Å². The van der Waals surface area contributed by atoms with Crippen molar-refractivity contribution in [3.63, 3.8) is 0 Å². The minimum absolute atomic E-state index is 0.0788. The van der Waals surface area contributed by atoms with Gasteiger partial charge in [0.2, 0.25) is 11.9 Å². The molecule has 0 radical (unpaired) electrons. The Morgan fingerprint density at radius 1 is 0.875 bits per heavy atom. The standard InChI is InChI=1S/C34H44N12O2/c1-23-42-30(45-34(36)43-23)9-3-2-6-13-39-32-26-7-4-5-8-28(26)44-29-11-10-24(19-27(29)32)33(48)40-15-18-46(16-12-35)17-14-38-31(47)20-25-21-37-22-41-25/h4-5,7-8,10-11,19,21-22H,2-3,6,9,12-18,20,35H2,1H3,(H,37,41)(H,38,47)(H,39,44)(H,40,48)(H2,36,42,43,45). The third kappa shape index (κ3) is 9.65. The summed E-state index contributed by atoms with van der Waals surface area (Å²) in [5.41, 5.74) is 15.6. The number of anilines is 2. The quantitative estimate of drug-likeness (QED) is 0.0598. The summed E-state index contributed by atoms with van der Waals surface area (Å²) in [6, 6.07) is 13.6. The fourth-order valence-corrected chi connectivity index (χ4v) is 5.61. The van der Waals surface area contributed by atoms with Crippen LogP contribution < -0.4 is 27.4 Å². The van der Waals surface area contributed by atoms with E-state index in [1.807, 2.05) is 43.3 Å². The van der Waals surface area contributed by atoms with Crippen LogP contribution in [-0.2, 0) is 17.6 Å². The number of H-pyrrole nitrogens is 1. The third-order valence-electron chi connectivity index (χ3n) is 7.95. The second-order valence-electron chi connectivity index (χ2n) is 11.6. The van der Waals surface area contributed by atoms with Gasteiger partial charge in [-0.3, -0.25) is 14.5 Å². The summed E-state index contributed by atoms with van der Waals surface area (Å²) < 4.78 is 0. The monoisotopic (exact) mass is 652 g/mol. The van der Waals surface area contributed by atoms with Crippen molar-refractivity contribution >= 4 is 45.3 Å². The van der Waals surface area contributed by atoms with E-state index in [0.717, 1.165) is 71.2 Å². The van der Waals surface area contributed by atoms with Crippen molar-refractivity contribution in [2.75, 3.05) is 56.9 Å². The highest BCUT2D eigenvalue weighted by Crippen LogP contribution is 2.31. The lowest BCUT2D eigenvalue weighted by atomic mass is 10.0. The largest absolute Gasteiger partial charge is 0.384 e. The molecule has 14 heteroatoms. The number of carbonyl (C=O) groups excluding carboxylic acids is 2. The maximum absolute atomic E-state index is 13.3. The highest BCUT2D eigenvalue weighted by molar-refractivity contribution is 6.09. The van der Waals surface area contributed by atoms with Crippen LogP contribution in [0.5, 0.6) is 0 Å². The Labute approximate surface area is 279 Å². The van der Waals surface area contributed by atoms with Crippen LogP contribution in [0.2, 0.25) is 0 Å². The molecule has 0 fully saturated rings. The van der Waals surface area contributed by atoms with Crippen LogP contribution >= 0.6 is 0 Å². The van der Waals surface area contributed by atoms with Crippen LogP contribution in [0.25, 0.3) is 21.8 Å². The maximum Gasteiger partial charge on any atom is 0.251 e. The number of carbonyl (C=O) groups is 2. The number of para-hydroxylation sites is 1. The molecule has 0 aliphatic carbocycles. The van der Waals surface area contributed by atoms with Gasteiger partial charge in [-0.15, -0.1) is 0 Å². The first-order valence-corrected chi connectivity index (χ1v) is 16.4. The summed E-state index contributed by atoms with van der Waals surface area (Å²) in [5, 5.41) is 11.5. The Bertz CT molecular complexity index is 1790. The van der Waals surface area contributed by atoms with E-state index in [-0.39, 0.29) is 24.2 Å². The molecule has 5 aromatic rings. The van der Waals surface area contributed by atoms with Crippen molar-refractivity contribution in [3.8, 4) is 0 Å². The van der Waals surface area contributed by atoms with Gasteiger partial charge in [-0.05, 0) is 44.0 Å². The van der Waals surface area contributed by atoms with Crippen LogP contribution in [0.15, 0.2) is 55.0 Å². The zero-order chi connectivity index (χ0) is 33.7. The Morgan fingerprint density at radius 3 is 2.48 bits per heavy atom. The highest BCUT2D eigenvalue weighted by atomic mass is 16.2. The second-order valence-corrected chi connectivity index (χ2v) is 11.6. The van der Waals surface area contributed by atoms with Gasteiger partial charge in [0.15, 0.2) is 0 Å². The molecular weight excluding hydrogens is 608 g/mol. The Hall–Kier alpha value is -5.21. The molecule has 2 aromatic carbocycles. The fraction of sp³-hybridized carbons (Fsp3) is 0.382. The van der Waals surface area contributed by atoms with E-state index in [1.165, 1.54) is 0 Å². The SMILES string of the molecule is Cc1nc(N)nc(CCCCCNc2c3ccccc3nc3ccc(C(=O)NCCN(CCN)CCNC(=O)Cc4cnc[nH]4)cc23)n1. The van der Waals surface area contributed by atoms with Crippen LogP contribution in [0, 0.1) is 6.92 Å². The molecule has 0 aliphatic rings. The van der Waals surface area contributed by atoms with Gasteiger partial charge in [-0.1, -0.05) is 24.6 Å². The number of imidazole rings is 1. The van der Waals surface area contributed by atoms with Crippen molar-refractivity contribution in [2.45, 2.75) is 39.0 Å². The zero-order valence-corrected chi connectivity index (χ0v) is 27.3. The minimum Gasteiger partial charge on any atom is -0.384 e. The average Bonchev–Trinajstić information content (AvgIpc) is 3.58. The number of benzene rings is 2. The lowest BCUT2D eigenvalue weighted by Crippen LogP contribution is -2.41. The van der Waals surface area contributed by atoms with Gasteiger partial charge < -0.3 is 32.4 Å². The van der Waals surface area contributed by atoms with Crippen molar-refractivity contribution in [1.82, 2.24) is 45.4 Å². The number of nitrogens with two attached hydrogens (primary N) is 2. The second kappa shape index (κ2) is 17.1. The maximum atomic E-state index is 13.3. The number of aromatic nitrogens is 6. The van der Waals surface area contributed by atoms with Gasteiger partial charge in [-0.25, -0.2) is 15.0 Å². The molecule has 5 rings (SSSR count). The number of aryl methyl sites for hydroxylation is 2. The van der Waals surface area contributed by atoms with E-state index in [2.05, 4.69) is 51.8 Å². The lowest BCUT2D eigenvalue weighted by Gasteiger charge is -2.22. The number of pyridine rings is 1. The molecule has 3 heterocycles. The molecule has 2 amide bonds. The van der Waals surface area contributed by atoms with Crippen LogP contribution in [0.4, 0.5) is 11.6 Å². The summed E-state index contributed by atoms with van der Waals surface area (Å²) in [5.74, 6) is 1.38. The molecule has 0 saturated heterocycles. The first-order valence-electron chi connectivity index (χ1n) is 16.4. The third-order valence-corrected chi connectivity index (χ3v) is 7.95. The Morgan fingerprint density at radius 2 is 1.69 bits per heavy atom. The van der Waals surface area contributed by atoms with Gasteiger partial charge in [0.1, 0.15) is 11.6 Å². The number of hydrogen-bond donors (Lipinski definition) is 6. The smallest absolute Gasteiger partial charge is 0.251 e. The summed E-state index contributed by atoms with van der Waals surface area (Å²) in [6.45, 7) is 5.86. The normalized spacial score (nSPS) is 11.3. The summed E-state index contributed by atoms with van der Waals surface area (Å²) in [4.78, 5) is 51.9. The molecule has 48 heavy (non-hydrogen) atoms. The van der Waals surface area contributed by atoms with Crippen LogP contribution in [0.3, 0.4) is 0 Å². The fourth-order valence-electron chi connectivity index (χ4n) is 5.61. The van der Waals surface area contributed by atoms with E-state index in [4.69, 9.17) is 16.5 Å². The van der Waals surface area contributed by atoms with Crippen molar-refractivity contribution in [1.29, 1.82) is 0 Å². The van der Waals surface area contributed by atoms with E-state index in [1.54, 1.807) is 12.5 Å². The average molecular weight is 653 g/mol. The Balaban J connectivity index is 1.15. The van der Waals surface area contributed by atoms with E-state index < -0.39 is 0 Å². The number of nitrogens with zero attached hydrogens (tertiary/aromatic N) is 6. The first kappa shape index (κ1) is 34.1. The van der Waals surface area contributed by atoms with Crippen molar-refractivity contribution in [2.24, 2.45) is 5.73 Å². The molecule has 3 aromatic heterocycles. The first-order chi connectivity index (χ1) is 23.4. The van der Waals surface area contributed by atoms with E-state index in [9.17, 15) is 9.59 Å². The summed E-state index contributed by atoms with van der Waals surface area (Å²) >= 11 is 0. The minimum atomic E-state index is -0.161. The number of nitrogen functional groups attached to an aromatic ring is 1.